The second kappa shape index (κ2) is 11.4. The highest BCUT2D eigenvalue weighted by molar-refractivity contribution is 6.05. The van der Waals surface area contributed by atoms with Crippen molar-refractivity contribution < 1.29 is 33.0 Å². The fourth-order valence-electron chi connectivity index (χ4n) is 5.98. The van der Waals surface area contributed by atoms with Crippen molar-refractivity contribution in [3.8, 4) is 11.3 Å². The van der Waals surface area contributed by atoms with E-state index in [2.05, 4.69) is 10.3 Å². The lowest BCUT2D eigenvalue weighted by Gasteiger charge is -2.29. The van der Waals surface area contributed by atoms with Crippen LogP contribution < -0.4 is 5.32 Å². The summed E-state index contributed by atoms with van der Waals surface area (Å²) in [6, 6.07) is 5.27. The molecule has 230 valence electrons. The van der Waals surface area contributed by atoms with E-state index in [1.165, 1.54) is 11.1 Å². The average Bonchev–Trinajstić information content (AvgIpc) is 3.43. The number of likely N-dealkylation sites (tertiary alicyclic amines) is 1. The number of amides is 3. The van der Waals surface area contributed by atoms with Gasteiger partial charge in [-0.3, -0.25) is 34.4 Å². The quantitative estimate of drug-likeness (QED) is 0.397. The normalized spacial score (nSPS) is 23.0. The Labute approximate surface area is 250 Å². The van der Waals surface area contributed by atoms with E-state index in [0.29, 0.717) is 35.2 Å². The standard InChI is InChI=1S/C32H39FN4O6/c1-31(2,3)42-21-14-24(30(41)43-32(4,5)6)36(17-21)15-19-11-12-34-27(26(19)33)18-7-8-22-20(13-18)16-37(29(22)40)23-9-10-25(38)35-28(23)39/h7-8,11-13,21,23-24H,9-10,14-17H2,1-6H3,(H,35,38,39)/t21-,23?,24+/m1/s1. The molecule has 0 spiro atoms. The number of rotatable bonds is 6. The predicted molar refractivity (Wildman–Crippen MR) is 155 cm³/mol. The fraction of sp³-hybridized carbons (Fsp3) is 0.531. The molecule has 2 aromatic rings. The van der Waals surface area contributed by atoms with Crippen LogP contribution in [0.15, 0.2) is 30.5 Å². The summed E-state index contributed by atoms with van der Waals surface area (Å²) in [4.78, 5) is 57.9. The number of benzene rings is 1. The first-order valence-corrected chi connectivity index (χ1v) is 14.7. The average molecular weight is 595 g/mol. The molecule has 0 aliphatic carbocycles. The first-order valence-electron chi connectivity index (χ1n) is 14.7. The summed E-state index contributed by atoms with van der Waals surface area (Å²) >= 11 is 0. The number of carbonyl (C=O) groups is 4. The lowest BCUT2D eigenvalue weighted by molar-refractivity contribution is -0.160. The van der Waals surface area contributed by atoms with Crippen LogP contribution in [0.5, 0.6) is 0 Å². The van der Waals surface area contributed by atoms with Crippen LogP contribution in [0.1, 0.15) is 82.3 Å². The van der Waals surface area contributed by atoms with Crippen molar-refractivity contribution in [3.05, 3.63) is 53.0 Å². The molecule has 1 aromatic carbocycles. The third-order valence-electron chi connectivity index (χ3n) is 7.70. The molecule has 3 aliphatic rings. The van der Waals surface area contributed by atoms with Gasteiger partial charge < -0.3 is 14.4 Å². The van der Waals surface area contributed by atoms with Gasteiger partial charge >= 0.3 is 5.97 Å². The number of piperidine rings is 1. The summed E-state index contributed by atoms with van der Waals surface area (Å²) in [5.74, 6) is -2.02. The van der Waals surface area contributed by atoms with Crippen LogP contribution in [0.4, 0.5) is 4.39 Å². The number of esters is 1. The van der Waals surface area contributed by atoms with E-state index in [1.54, 1.807) is 24.3 Å². The maximum Gasteiger partial charge on any atom is 0.323 e. The topological polar surface area (TPSA) is 118 Å². The molecule has 0 saturated carbocycles. The van der Waals surface area contributed by atoms with Gasteiger partial charge in [0.15, 0.2) is 5.82 Å². The number of hydrogen-bond donors (Lipinski definition) is 1. The molecule has 3 amide bonds. The molecule has 4 heterocycles. The molecule has 3 atom stereocenters. The Kier molecular flexibility index (Phi) is 8.17. The van der Waals surface area contributed by atoms with Crippen LogP contribution in [0, 0.1) is 5.82 Å². The lowest BCUT2D eigenvalue weighted by Crippen LogP contribution is -2.52. The molecule has 2 saturated heterocycles. The summed E-state index contributed by atoms with van der Waals surface area (Å²) < 4.78 is 27.9. The molecule has 0 radical (unpaired) electrons. The molecule has 10 nitrogen and oxygen atoms in total. The van der Waals surface area contributed by atoms with Crippen LogP contribution in [-0.2, 0) is 36.9 Å². The van der Waals surface area contributed by atoms with Gasteiger partial charge in [0.25, 0.3) is 5.91 Å². The Morgan fingerprint density at radius 2 is 1.84 bits per heavy atom. The highest BCUT2D eigenvalue weighted by Gasteiger charge is 2.42. The summed E-state index contributed by atoms with van der Waals surface area (Å²) in [5, 5.41) is 2.30. The number of halogens is 1. The second-order valence-electron chi connectivity index (χ2n) is 13.5. The summed E-state index contributed by atoms with van der Waals surface area (Å²) in [6.45, 7) is 12.1. The van der Waals surface area contributed by atoms with E-state index in [1.807, 2.05) is 46.4 Å². The van der Waals surface area contributed by atoms with Gasteiger partial charge in [-0.15, -0.1) is 0 Å². The molecule has 43 heavy (non-hydrogen) atoms. The third kappa shape index (κ3) is 6.78. The molecule has 3 aliphatic heterocycles. The minimum Gasteiger partial charge on any atom is -0.459 e. The van der Waals surface area contributed by atoms with Gasteiger partial charge in [-0.25, -0.2) is 4.39 Å². The molecular formula is C32H39FN4O6. The van der Waals surface area contributed by atoms with Crippen molar-refractivity contribution in [2.24, 2.45) is 0 Å². The highest BCUT2D eigenvalue weighted by Crippen LogP contribution is 2.33. The van der Waals surface area contributed by atoms with E-state index in [0.717, 1.165) is 0 Å². The van der Waals surface area contributed by atoms with E-state index in [-0.39, 0.29) is 55.5 Å². The Hall–Kier alpha value is -3.70. The minimum absolute atomic E-state index is 0.128. The molecule has 2 fully saturated rings. The second-order valence-corrected chi connectivity index (χ2v) is 13.5. The summed E-state index contributed by atoms with van der Waals surface area (Å²) in [7, 11) is 0. The van der Waals surface area contributed by atoms with Gasteiger partial charge in [0.1, 0.15) is 23.4 Å². The summed E-state index contributed by atoms with van der Waals surface area (Å²) in [6.07, 6.45) is 2.18. The predicted octanol–water partition coefficient (Wildman–Crippen LogP) is 3.75. The van der Waals surface area contributed by atoms with Gasteiger partial charge in [-0.2, -0.15) is 0 Å². The van der Waals surface area contributed by atoms with Gasteiger partial charge in [0, 0.05) is 55.4 Å². The van der Waals surface area contributed by atoms with Crippen molar-refractivity contribution in [2.45, 2.75) is 103 Å². The first-order chi connectivity index (χ1) is 20.1. The first kappa shape index (κ1) is 30.7. The van der Waals surface area contributed by atoms with E-state index in [4.69, 9.17) is 9.47 Å². The summed E-state index contributed by atoms with van der Waals surface area (Å²) in [5.41, 5.74) is 1.02. The number of hydrogen-bond acceptors (Lipinski definition) is 8. The molecule has 1 N–H and O–H groups in total. The number of pyridine rings is 1. The smallest absolute Gasteiger partial charge is 0.323 e. The monoisotopic (exact) mass is 594 g/mol. The zero-order valence-electron chi connectivity index (χ0n) is 25.5. The number of nitrogens with zero attached hydrogens (tertiary/aromatic N) is 3. The van der Waals surface area contributed by atoms with Gasteiger partial charge in [0.2, 0.25) is 11.8 Å². The maximum atomic E-state index is 16.1. The fourth-order valence-corrected chi connectivity index (χ4v) is 5.98. The number of fused-ring (bicyclic) bond motifs is 1. The van der Waals surface area contributed by atoms with Crippen molar-refractivity contribution in [3.63, 3.8) is 0 Å². The lowest BCUT2D eigenvalue weighted by atomic mass is 10.0. The zero-order chi connectivity index (χ0) is 31.3. The molecule has 1 aromatic heterocycles. The van der Waals surface area contributed by atoms with Crippen LogP contribution >= 0.6 is 0 Å². The Balaban J connectivity index is 1.37. The van der Waals surface area contributed by atoms with E-state index >= 15 is 4.39 Å². The highest BCUT2D eigenvalue weighted by atomic mass is 19.1. The van der Waals surface area contributed by atoms with Crippen LogP contribution in [0.2, 0.25) is 0 Å². The Morgan fingerprint density at radius 1 is 1.09 bits per heavy atom. The van der Waals surface area contributed by atoms with Crippen LogP contribution in [0.3, 0.4) is 0 Å². The SMILES string of the molecule is CC(C)(C)OC(=O)[C@@H]1C[C@@H](OC(C)(C)C)CN1Cc1ccnc(-c2ccc3c(c2)CN(C2CCC(=O)NC2=O)C3=O)c1F. The molecular weight excluding hydrogens is 555 g/mol. The number of carbonyl (C=O) groups excluding carboxylic acids is 4. The molecule has 11 heteroatoms. The van der Waals surface area contributed by atoms with Crippen molar-refractivity contribution in [1.29, 1.82) is 0 Å². The Bertz CT molecular complexity index is 1460. The van der Waals surface area contributed by atoms with Crippen molar-refractivity contribution >= 4 is 23.7 Å². The zero-order valence-corrected chi connectivity index (χ0v) is 25.5. The molecule has 0 bridgehead atoms. The molecule has 1 unspecified atom stereocenters. The largest absolute Gasteiger partial charge is 0.459 e. The van der Waals surface area contributed by atoms with E-state index in [9.17, 15) is 19.2 Å². The van der Waals surface area contributed by atoms with Crippen molar-refractivity contribution in [2.75, 3.05) is 6.54 Å². The molecule has 5 rings (SSSR count). The van der Waals surface area contributed by atoms with Crippen molar-refractivity contribution in [1.82, 2.24) is 20.1 Å². The number of aromatic nitrogens is 1. The maximum absolute atomic E-state index is 16.1. The van der Waals surface area contributed by atoms with Crippen LogP contribution in [0.25, 0.3) is 11.3 Å². The third-order valence-corrected chi connectivity index (χ3v) is 7.70. The number of nitrogens with one attached hydrogen (secondary N) is 1. The van der Waals surface area contributed by atoms with Gasteiger partial charge in [-0.1, -0.05) is 6.07 Å². The minimum atomic E-state index is -0.733. The number of ether oxygens (including phenoxy) is 2. The van der Waals surface area contributed by atoms with E-state index < -0.39 is 35.0 Å². The van der Waals surface area contributed by atoms with Crippen LogP contribution in [-0.4, -0.2) is 74.4 Å². The van der Waals surface area contributed by atoms with Gasteiger partial charge in [-0.05, 0) is 71.7 Å². The Morgan fingerprint density at radius 3 is 2.51 bits per heavy atom. The van der Waals surface area contributed by atoms with Gasteiger partial charge in [0.05, 0.1) is 11.7 Å². The number of imide groups is 1.